The maximum absolute atomic E-state index is 10.3. The molecule has 0 heterocycles. The fourth-order valence-corrected chi connectivity index (χ4v) is 1.91. The van der Waals surface area contributed by atoms with Crippen LogP contribution >= 0.6 is 15.9 Å². The van der Waals surface area contributed by atoms with Gasteiger partial charge in [0.05, 0.1) is 5.60 Å². The molecule has 0 radical (unpaired) electrons. The summed E-state index contributed by atoms with van der Waals surface area (Å²) in [6, 6.07) is 7.92. The van der Waals surface area contributed by atoms with E-state index in [1.165, 1.54) is 0 Å². The highest BCUT2D eigenvalue weighted by Gasteiger charge is 2.30. The first kappa shape index (κ1) is 12.7. The van der Waals surface area contributed by atoms with Crippen LogP contribution in [0.25, 0.3) is 0 Å². The Hall–Kier alpha value is -0.380. The van der Waals surface area contributed by atoms with Gasteiger partial charge >= 0.3 is 0 Å². The van der Waals surface area contributed by atoms with Crippen LogP contribution in [0.2, 0.25) is 0 Å². The Morgan fingerprint density at radius 1 is 1.40 bits per heavy atom. The molecule has 84 valence electrons. The summed E-state index contributed by atoms with van der Waals surface area (Å²) < 4.78 is 1.03. The van der Waals surface area contributed by atoms with Crippen molar-refractivity contribution in [3.05, 3.63) is 34.3 Å². The smallest absolute Gasteiger partial charge is 0.0832 e. The van der Waals surface area contributed by atoms with Gasteiger partial charge in [-0.05, 0) is 17.5 Å². The van der Waals surface area contributed by atoms with Crippen LogP contribution in [-0.4, -0.2) is 17.3 Å². The highest BCUT2D eigenvalue weighted by molar-refractivity contribution is 9.10. The van der Waals surface area contributed by atoms with Gasteiger partial charge in [0.25, 0.3) is 0 Å². The van der Waals surface area contributed by atoms with Gasteiger partial charge in [0.1, 0.15) is 0 Å². The van der Waals surface area contributed by atoms with Crippen molar-refractivity contribution in [2.24, 2.45) is 11.7 Å². The molecule has 0 bridgehead atoms. The number of halogens is 1. The molecule has 3 N–H and O–H groups in total. The normalized spacial score (nSPS) is 15.3. The second-order valence-corrected chi connectivity index (χ2v) is 5.08. The molecule has 1 aromatic rings. The molecule has 1 aromatic carbocycles. The van der Waals surface area contributed by atoms with Gasteiger partial charge in [-0.3, -0.25) is 0 Å². The lowest BCUT2D eigenvalue weighted by Gasteiger charge is -2.31. The number of rotatable bonds is 4. The largest absolute Gasteiger partial charge is 0.388 e. The first-order chi connectivity index (χ1) is 6.99. The van der Waals surface area contributed by atoms with Crippen molar-refractivity contribution in [1.82, 2.24) is 0 Å². The Labute approximate surface area is 99.6 Å². The second-order valence-electron chi connectivity index (χ2n) is 4.23. The molecule has 1 rings (SSSR count). The first-order valence-corrected chi connectivity index (χ1v) is 5.95. The molecule has 3 heteroatoms. The van der Waals surface area contributed by atoms with Crippen molar-refractivity contribution in [3.63, 3.8) is 0 Å². The molecule has 0 spiro atoms. The van der Waals surface area contributed by atoms with Crippen molar-refractivity contribution in [1.29, 1.82) is 0 Å². The quantitative estimate of drug-likeness (QED) is 0.883. The van der Waals surface area contributed by atoms with Crippen LogP contribution in [0, 0.1) is 5.92 Å². The SMILES string of the molecule is CC(C)C(O)(CN)Cc1ccccc1Br. The van der Waals surface area contributed by atoms with Gasteiger partial charge in [0.15, 0.2) is 0 Å². The monoisotopic (exact) mass is 271 g/mol. The third-order valence-corrected chi connectivity index (χ3v) is 3.66. The number of hydrogen-bond donors (Lipinski definition) is 2. The number of hydrogen-bond acceptors (Lipinski definition) is 2. The summed E-state index contributed by atoms with van der Waals surface area (Å²) in [5.74, 6) is 0.148. The Kier molecular flexibility index (Phi) is 4.32. The molecular weight excluding hydrogens is 254 g/mol. The Bertz CT molecular complexity index is 327. The van der Waals surface area contributed by atoms with E-state index < -0.39 is 5.60 Å². The fraction of sp³-hybridized carbons (Fsp3) is 0.500. The minimum atomic E-state index is -0.816. The molecule has 0 aliphatic heterocycles. The Morgan fingerprint density at radius 2 is 2.00 bits per heavy atom. The van der Waals surface area contributed by atoms with E-state index >= 15 is 0 Å². The van der Waals surface area contributed by atoms with Crippen LogP contribution in [-0.2, 0) is 6.42 Å². The zero-order chi connectivity index (χ0) is 11.5. The summed E-state index contributed by atoms with van der Waals surface area (Å²) in [6.45, 7) is 4.26. The number of nitrogens with two attached hydrogens (primary N) is 1. The fourth-order valence-electron chi connectivity index (χ4n) is 1.48. The van der Waals surface area contributed by atoms with Crippen molar-refractivity contribution in [2.45, 2.75) is 25.9 Å². The highest BCUT2D eigenvalue weighted by Crippen LogP contribution is 2.25. The molecule has 0 aliphatic rings. The van der Waals surface area contributed by atoms with Crippen LogP contribution in [0.5, 0.6) is 0 Å². The van der Waals surface area contributed by atoms with Crippen molar-refractivity contribution >= 4 is 15.9 Å². The number of aliphatic hydroxyl groups is 1. The van der Waals surface area contributed by atoms with Crippen LogP contribution in [0.4, 0.5) is 0 Å². The lowest BCUT2D eigenvalue weighted by Crippen LogP contribution is -2.44. The topological polar surface area (TPSA) is 46.2 Å². The standard InChI is InChI=1S/C12H18BrNO/c1-9(2)12(15,8-14)7-10-5-3-4-6-11(10)13/h3-6,9,15H,7-8,14H2,1-2H3. The summed E-state index contributed by atoms with van der Waals surface area (Å²) in [6.07, 6.45) is 0.586. The Morgan fingerprint density at radius 3 is 2.47 bits per heavy atom. The summed E-state index contributed by atoms with van der Waals surface area (Å²) in [4.78, 5) is 0. The van der Waals surface area contributed by atoms with Gasteiger partial charge in [-0.25, -0.2) is 0 Å². The maximum atomic E-state index is 10.3. The maximum Gasteiger partial charge on any atom is 0.0832 e. The van der Waals surface area contributed by atoms with Crippen LogP contribution in [0.1, 0.15) is 19.4 Å². The van der Waals surface area contributed by atoms with E-state index in [1.54, 1.807) is 0 Å². The molecule has 0 saturated carbocycles. The predicted molar refractivity (Wildman–Crippen MR) is 66.7 cm³/mol. The van der Waals surface area contributed by atoms with E-state index in [-0.39, 0.29) is 12.5 Å². The average Bonchev–Trinajstić information content (AvgIpc) is 2.21. The molecule has 0 aliphatic carbocycles. The highest BCUT2D eigenvalue weighted by atomic mass is 79.9. The van der Waals surface area contributed by atoms with Gasteiger partial charge in [0, 0.05) is 17.4 Å². The van der Waals surface area contributed by atoms with Crippen molar-refractivity contribution in [3.8, 4) is 0 Å². The molecule has 15 heavy (non-hydrogen) atoms. The third kappa shape index (κ3) is 3.03. The van der Waals surface area contributed by atoms with E-state index in [4.69, 9.17) is 5.73 Å². The van der Waals surface area contributed by atoms with Crippen molar-refractivity contribution in [2.75, 3.05) is 6.54 Å². The van der Waals surface area contributed by atoms with E-state index in [0.717, 1.165) is 10.0 Å². The summed E-state index contributed by atoms with van der Waals surface area (Å²) in [5.41, 5.74) is 5.92. The number of benzene rings is 1. The van der Waals surface area contributed by atoms with E-state index in [2.05, 4.69) is 15.9 Å². The van der Waals surface area contributed by atoms with Crippen molar-refractivity contribution < 1.29 is 5.11 Å². The zero-order valence-corrected chi connectivity index (χ0v) is 10.8. The summed E-state index contributed by atoms with van der Waals surface area (Å²) in [7, 11) is 0. The lowest BCUT2D eigenvalue weighted by atomic mass is 9.84. The molecule has 2 nitrogen and oxygen atoms in total. The molecule has 1 unspecified atom stereocenters. The molecule has 0 fully saturated rings. The first-order valence-electron chi connectivity index (χ1n) is 5.15. The molecule has 0 aromatic heterocycles. The Balaban J connectivity index is 2.89. The van der Waals surface area contributed by atoms with Gasteiger partial charge in [-0.15, -0.1) is 0 Å². The second kappa shape index (κ2) is 5.10. The minimum Gasteiger partial charge on any atom is -0.388 e. The molecule has 0 saturated heterocycles. The summed E-state index contributed by atoms with van der Waals surface area (Å²) >= 11 is 3.48. The molecular formula is C12H18BrNO. The molecule has 1 atom stereocenters. The van der Waals surface area contributed by atoms with Crippen LogP contribution < -0.4 is 5.73 Å². The van der Waals surface area contributed by atoms with E-state index in [9.17, 15) is 5.11 Å². The van der Waals surface area contributed by atoms with Crippen LogP contribution in [0.3, 0.4) is 0 Å². The third-order valence-electron chi connectivity index (χ3n) is 2.88. The predicted octanol–water partition coefficient (Wildman–Crippen LogP) is 2.34. The minimum absolute atomic E-state index is 0.148. The van der Waals surface area contributed by atoms with Gasteiger partial charge in [0.2, 0.25) is 0 Å². The van der Waals surface area contributed by atoms with Gasteiger partial charge < -0.3 is 10.8 Å². The van der Waals surface area contributed by atoms with Gasteiger partial charge in [-0.1, -0.05) is 48.0 Å². The molecule has 0 amide bonds. The summed E-state index contributed by atoms with van der Waals surface area (Å²) in [5, 5.41) is 10.3. The van der Waals surface area contributed by atoms with Gasteiger partial charge in [-0.2, -0.15) is 0 Å². The zero-order valence-electron chi connectivity index (χ0n) is 9.20. The van der Waals surface area contributed by atoms with Crippen LogP contribution in [0.15, 0.2) is 28.7 Å². The lowest BCUT2D eigenvalue weighted by molar-refractivity contribution is 0.00394. The average molecular weight is 272 g/mol. The van der Waals surface area contributed by atoms with E-state index in [0.29, 0.717) is 6.42 Å². The van der Waals surface area contributed by atoms with E-state index in [1.807, 2.05) is 38.1 Å².